The van der Waals surface area contributed by atoms with E-state index in [1.807, 2.05) is 11.0 Å². The molecule has 0 saturated carbocycles. The van der Waals surface area contributed by atoms with Crippen LogP contribution in [-0.2, 0) is 17.4 Å². The Morgan fingerprint density at radius 2 is 1.65 bits per heavy atom. The zero-order chi connectivity index (χ0) is 25.1. The molecule has 0 amide bonds. The molecule has 2 aromatic rings. The summed E-state index contributed by atoms with van der Waals surface area (Å²) in [6.07, 6.45) is -3.61. The summed E-state index contributed by atoms with van der Waals surface area (Å²) in [6.45, 7) is 4.60. The lowest BCUT2D eigenvalue weighted by Gasteiger charge is -2.39. The first kappa shape index (κ1) is 26.1. The van der Waals surface area contributed by atoms with Crippen molar-refractivity contribution in [3.05, 3.63) is 59.2 Å². The molecule has 186 valence electrons. The first-order valence-corrected chi connectivity index (χ1v) is 11.5. The molecule has 0 bridgehead atoms. The van der Waals surface area contributed by atoms with Gasteiger partial charge in [0.05, 0.1) is 12.0 Å². The van der Waals surface area contributed by atoms with Crippen LogP contribution in [0.4, 0.5) is 22.0 Å². The van der Waals surface area contributed by atoms with Crippen molar-refractivity contribution in [1.82, 2.24) is 4.90 Å². The van der Waals surface area contributed by atoms with Gasteiger partial charge in [-0.2, -0.15) is 13.2 Å². The van der Waals surface area contributed by atoms with E-state index >= 15 is 0 Å². The second kappa shape index (κ2) is 10.4. The SMILES string of the molecule is CC(C)CCC(c1ccc(CC(=O)O)cc1-c1ccc(C(F)(F)F)cc1)N1CCC(F)(F)CC1. The largest absolute Gasteiger partial charge is 0.481 e. The van der Waals surface area contributed by atoms with Gasteiger partial charge in [0.1, 0.15) is 0 Å². The van der Waals surface area contributed by atoms with Gasteiger partial charge in [0.15, 0.2) is 0 Å². The van der Waals surface area contributed by atoms with Gasteiger partial charge in [0, 0.05) is 32.0 Å². The highest BCUT2D eigenvalue weighted by molar-refractivity contribution is 5.74. The van der Waals surface area contributed by atoms with Gasteiger partial charge >= 0.3 is 12.1 Å². The molecule has 0 radical (unpaired) electrons. The van der Waals surface area contributed by atoms with Crippen LogP contribution in [0.1, 0.15) is 62.3 Å². The van der Waals surface area contributed by atoms with Gasteiger partial charge in [-0.1, -0.05) is 44.2 Å². The van der Waals surface area contributed by atoms with Crippen LogP contribution in [0, 0.1) is 5.92 Å². The van der Waals surface area contributed by atoms with Crippen LogP contribution in [0.3, 0.4) is 0 Å². The Labute approximate surface area is 196 Å². The molecular weight excluding hydrogens is 453 g/mol. The highest BCUT2D eigenvalue weighted by Crippen LogP contribution is 2.40. The maximum absolute atomic E-state index is 13.8. The molecule has 1 N–H and O–H groups in total. The third-order valence-electron chi connectivity index (χ3n) is 6.34. The Hall–Kier alpha value is -2.48. The molecule has 1 atom stereocenters. The van der Waals surface area contributed by atoms with E-state index in [2.05, 4.69) is 13.8 Å². The Morgan fingerprint density at radius 3 is 2.18 bits per heavy atom. The number of aliphatic carboxylic acids is 1. The molecule has 0 aromatic heterocycles. The Balaban J connectivity index is 2.06. The molecule has 1 unspecified atom stereocenters. The highest BCUT2D eigenvalue weighted by Gasteiger charge is 2.37. The summed E-state index contributed by atoms with van der Waals surface area (Å²) >= 11 is 0. The first-order chi connectivity index (χ1) is 15.9. The summed E-state index contributed by atoms with van der Waals surface area (Å²) in [5.41, 5.74) is 1.75. The number of nitrogens with zero attached hydrogens (tertiary/aromatic N) is 1. The number of halogens is 5. The molecule has 3 rings (SSSR count). The number of alkyl halides is 5. The zero-order valence-electron chi connectivity index (χ0n) is 19.3. The summed E-state index contributed by atoms with van der Waals surface area (Å²) < 4.78 is 66.9. The van der Waals surface area contributed by atoms with E-state index in [-0.39, 0.29) is 38.4 Å². The molecule has 3 nitrogen and oxygen atoms in total. The van der Waals surface area contributed by atoms with E-state index in [1.165, 1.54) is 12.1 Å². The maximum atomic E-state index is 13.8. The van der Waals surface area contributed by atoms with E-state index in [1.54, 1.807) is 12.1 Å². The predicted octanol–water partition coefficient (Wildman–Crippen LogP) is 7.21. The lowest BCUT2D eigenvalue weighted by molar-refractivity contribution is -0.138. The van der Waals surface area contributed by atoms with Gasteiger partial charge < -0.3 is 5.11 Å². The molecular formula is C26H30F5NO2. The molecule has 1 aliphatic rings. The number of hydrogen-bond donors (Lipinski definition) is 1. The number of benzene rings is 2. The zero-order valence-corrected chi connectivity index (χ0v) is 19.3. The maximum Gasteiger partial charge on any atom is 0.416 e. The van der Waals surface area contributed by atoms with Gasteiger partial charge in [0.2, 0.25) is 0 Å². The van der Waals surface area contributed by atoms with Gasteiger partial charge in [-0.25, -0.2) is 8.78 Å². The van der Waals surface area contributed by atoms with E-state index in [0.29, 0.717) is 29.0 Å². The van der Waals surface area contributed by atoms with E-state index < -0.39 is 23.6 Å². The quantitative estimate of drug-likeness (QED) is 0.404. The minimum atomic E-state index is -4.47. The van der Waals surface area contributed by atoms with Crippen molar-refractivity contribution in [3.63, 3.8) is 0 Å². The number of carbonyl (C=O) groups is 1. The van der Waals surface area contributed by atoms with Crippen molar-refractivity contribution < 1.29 is 31.9 Å². The van der Waals surface area contributed by atoms with Crippen molar-refractivity contribution >= 4 is 5.97 Å². The van der Waals surface area contributed by atoms with E-state index in [0.717, 1.165) is 24.1 Å². The fourth-order valence-electron chi connectivity index (χ4n) is 4.46. The monoisotopic (exact) mass is 483 g/mol. The topological polar surface area (TPSA) is 40.5 Å². The van der Waals surface area contributed by atoms with Crippen molar-refractivity contribution in [2.45, 2.75) is 64.1 Å². The van der Waals surface area contributed by atoms with Crippen LogP contribution in [-0.4, -0.2) is 35.0 Å². The van der Waals surface area contributed by atoms with Crippen molar-refractivity contribution in [1.29, 1.82) is 0 Å². The number of likely N-dealkylation sites (tertiary alicyclic amines) is 1. The second-order valence-electron chi connectivity index (χ2n) is 9.45. The third kappa shape index (κ3) is 6.78. The lowest BCUT2D eigenvalue weighted by atomic mass is 9.87. The molecule has 1 fully saturated rings. The fourth-order valence-corrected chi connectivity index (χ4v) is 4.46. The smallest absolute Gasteiger partial charge is 0.416 e. The van der Waals surface area contributed by atoms with Crippen LogP contribution < -0.4 is 0 Å². The number of carboxylic acid groups (broad SMARTS) is 1. The predicted molar refractivity (Wildman–Crippen MR) is 121 cm³/mol. The lowest BCUT2D eigenvalue weighted by Crippen LogP contribution is -2.41. The molecule has 0 aliphatic carbocycles. The van der Waals surface area contributed by atoms with Crippen molar-refractivity contribution in [3.8, 4) is 11.1 Å². The van der Waals surface area contributed by atoms with Crippen LogP contribution in [0.5, 0.6) is 0 Å². The van der Waals surface area contributed by atoms with Gasteiger partial charge in [-0.15, -0.1) is 0 Å². The van der Waals surface area contributed by atoms with Crippen LogP contribution >= 0.6 is 0 Å². The number of hydrogen-bond acceptors (Lipinski definition) is 2. The molecule has 0 spiro atoms. The second-order valence-corrected chi connectivity index (χ2v) is 9.45. The van der Waals surface area contributed by atoms with Crippen molar-refractivity contribution in [2.75, 3.05) is 13.1 Å². The average molecular weight is 484 g/mol. The molecule has 1 saturated heterocycles. The number of carboxylic acids is 1. The van der Waals surface area contributed by atoms with Gasteiger partial charge in [-0.05, 0) is 53.1 Å². The number of rotatable bonds is 8. The van der Waals surface area contributed by atoms with E-state index in [4.69, 9.17) is 0 Å². The Kier molecular flexibility index (Phi) is 8.01. The summed E-state index contributed by atoms with van der Waals surface area (Å²) in [6, 6.07) is 9.80. The highest BCUT2D eigenvalue weighted by atomic mass is 19.4. The average Bonchev–Trinajstić information content (AvgIpc) is 2.74. The van der Waals surface area contributed by atoms with Gasteiger partial charge in [0.25, 0.3) is 5.92 Å². The molecule has 1 heterocycles. The molecule has 1 aliphatic heterocycles. The number of piperidine rings is 1. The van der Waals surface area contributed by atoms with Gasteiger partial charge in [-0.3, -0.25) is 9.69 Å². The molecule has 2 aromatic carbocycles. The Morgan fingerprint density at radius 1 is 1.03 bits per heavy atom. The normalized spacial score (nSPS) is 17.6. The van der Waals surface area contributed by atoms with Crippen molar-refractivity contribution in [2.24, 2.45) is 5.92 Å². The first-order valence-electron chi connectivity index (χ1n) is 11.5. The summed E-state index contributed by atoms with van der Waals surface area (Å²) in [4.78, 5) is 13.3. The van der Waals surface area contributed by atoms with Crippen LogP contribution in [0.15, 0.2) is 42.5 Å². The standard InChI is InChI=1S/C26H30F5NO2/c1-17(2)3-10-23(32-13-11-25(27,28)12-14-32)21-9-4-18(16-24(33)34)15-22(21)19-5-7-20(8-6-19)26(29,30)31/h4-9,15,17,23H,3,10-14,16H2,1-2H3,(H,33,34). The molecule has 34 heavy (non-hydrogen) atoms. The summed E-state index contributed by atoms with van der Waals surface area (Å²) in [5.74, 6) is -3.32. The minimum Gasteiger partial charge on any atom is -0.481 e. The summed E-state index contributed by atoms with van der Waals surface area (Å²) in [7, 11) is 0. The van der Waals surface area contributed by atoms with Crippen LogP contribution in [0.2, 0.25) is 0 Å². The van der Waals surface area contributed by atoms with Crippen LogP contribution in [0.25, 0.3) is 11.1 Å². The third-order valence-corrected chi connectivity index (χ3v) is 6.34. The minimum absolute atomic E-state index is 0.199. The molecule has 8 heteroatoms. The fraction of sp³-hybridized carbons (Fsp3) is 0.500. The summed E-state index contributed by atoms with van der Waals surface area (Å²) in [5, 5.41) is 9.23. The Bertz CT molecular complexity index is 976. The van der Waals surface area contributed by atoms with E-state index in [9.17, 15) is 31.9 Å².